The summed E-state index contributed by atoms with van der Waals surface area (Å²) in [6, 6.07) is 0. The van der Waals surface area contributed by atoms with Gasteiger partial charge in [0.15, 0.2) is 9.84 Å². The first-order valence-electron chi connectivity index (χ1n) is 4.88. The summed E-state index contributed by atoms with van der Waals surface area (Å²) in [4.78, 5) is 10.4. The Morgan fingerprint density at radius 3 is 2.20 bits per heavy atom. The van der Waals surface area contributed by atoms with E-state index in [1.165, 1.54) is 0 Å². The Balaban J connectivity index is 3.83. The zero-order valence-electron chi connectivity index (χ0n) is 9.54. The molecule has 0 aromatic carbocycles. The number of rotatable bonds is 6. The first-order valence-corrected chi connectivity index (χ1v) is 6.53. The van der Waals surface area contributed by atoms with Gasteiger partial charge in [-0.1, -0.05) is 0 Å². The summed E-state index contributed by atoms with van der Waals surface area (Å²) in [5.74, 6) is -0.309. The van der Waals surface area contributed by atoms with Crippen molar-refractivity contribution >= 4 is 15.7 Å². The Labute approximate surface area is 91.3 Å². The maximum Gasteiger partial charge on any atom is 0.218 e. The number of carbonyl (C=O) groups is 1. The van der Waals surface area contributed by atoms with Crippen molar-refractivity contribution in [1.29, 1.82) is 0 Å². The van der Waals surface area contributed by atoms with Crippen molar-refractivity contribution in [2.75, 3.05) is 18.8 Å². The van der Waals surface area contributed by atoms with E-state index in [4.69, 9.17) is 5.73 Å². The smallest absolute Gasteiger partial charge is 0.218 e. The average molecular weight is 236 g/mol. The van der Waals surface area contributed by atoms with Gasteiger partial charge < -0.3 is 11.1 Å². The second-order valence-electron chi connectivity index (χ2n) is 4.40. The summed E-state index contributed by atoms with van der Waals surface area (Å²) in [6.07, 6.45) is 0.232. The van der Waals surface area contributed by atoms with Crippen LogP contribution in [0.5, 0.6) is 0 Å². The van der Waals surface area contributed by atoms with Gasteiger partial charge >= 0.3 is 0 Å². The van der Waals surface area contributed by atoms with Gasteiger partial charge in [0.25, 0.3) is 0 Å². The van der Waals surface area contributed by atoms with Crippen LogP contribution in [-0.2, 0) is 14.6 Å². The van der Waals surface area contributed by atoms with Gasteiger partial charge in [0.2, 0.25) is 5.91 Å². The van der Waals surface area contributed by atoms with Crippen LogP contribution in [0.2, 0.25) is 0 Å². The van der Waals surface area contributed by atoms with Crippen LogP contribution in [0.3, 0.4) is 0 Å². The van der Waals surface area contributed by atoms with E-state index in [1.54, 1.807) is 20.8 Å². The van der Waals surface area contributed by atoms with Crippen LogP contribution in [0.4, 0.5) is 0 Å². The number of hydrogen-bond acceptors (Lipinski definition) is 4. The van der Waals surface area contributed by atoms with Crippen LogP contribution in [-0.4, -0.2) is 37.9 Å². The van der Waals surface area contributed by atoms with Gasteiger partial charge in [-0.2, -0.15) is 0 Å². The molecule has 0 atom stereocenters. The third-order valence-corrected chi connectivity index (χ3v) is 4.64. The van der Waals surface area contributed by atoms with Gasteiger partial charge in [-0.05, 0) is 20.8 Å². The monoisotopic (exact) mass is 236 g/mol. The SMILES string of the molecule is CC(C)(C)S(=O)(=O)CCNCCC(N)=O. The molecule has 1 amide bonds. The van der Waals surface area contributed by atoms with Gasteiger partial charge in [0.1, 0.15) is 0 Å². The molecule has 5 nitrogen and oxygen atoms in total. The Morgan fingerprint density at radius 2 is 1.80 bits per heavy atom. The van der Waals surface area contributed by atoms with Crippen LogP contribution in [0.25, 0.3) is 0 Å². The third-order valence-electron chi connectivity index (χ3n) is 2.03. The molecule has 0 heterocycles. The lowest BCUT2D eigenvalue weighted by molar-refractivity contribution is -0.117. The number of primary amides is 1. The van der Waals surface area contributed by atoms with Crippen molar-refractivity contribution in [3.8, 4) is 0 Å². The molecule has 0 aromatic rings. The lowest BCUT2D eigenvalue weighted by Gasteiger charge is -2.19. The van der Waals surface area contributed by atoms with E-state index in [2.05, 4.69) is 5.32 Å². The molecule has 15 heavy (non-hydrogen) atoms. The zero-order chi connectivity index (χ0) is 12.1. The van der Waals surface area contributed by atoms with Gasteiger partial charge in [-0.25, -0.2) is 8.42 Å². The molecule has 0 rings (SSSR count). The van der Waals surface area contributed by atoms with Gasteiger partial charge in [-0.3, -0.25) is 4.79 Å². The quantitative estimate of drug-likeness (QED) is 0.618. The molecule has 0 aliphatic heterocycles. The highest BCUT2D eigenvalue weighted by molar-refractivity contribution is 7.92. The summed E-state index contributed by atoms with van der Waals surface area (Å²) in [5, 5.41) is 2.86. The number of hydrogen-bond donors (Lipinski definition) is 2. The van der Waals surface area contributed by atoms with Crippen molar-refractivity contribution in [1.82, 2.24) is 5.32 Å². The van der Waals surface area contributed by atoms with Gasteiger partial charge in [0, 0.05) is 19.5 Å². The highest BCUT2D eigenvalue weighted by atomic mass is 32.2. The summed E-state index contributed by atoms with van der Waals surface area (Å²) in [5.41, 5.74) is 4.93. The molecule has 0 radical (unpaired) electrons. The van der Waals surface area contributed by atoms with Crippen molar-refractivity contribution in [2.24, 2.45) is 5.73 Å². The number of sulfone groups is 1. The van der Waals surface area contributed by atoms with Crippen LogP contribution >= 0.6 is 0 Å². The largest absolute Gasteiger partial charge is 0.370 e. The standard InChI is InChI=1S/C9H20N2O3S/c1-9(2,3)15(13,14)7-6-11-5-4-8(10)12/h11H,4-7H2,1-3H3,(H2,10,12). The molecule has 0 aliphatic rings. The lowest BCUT2D eigenvalue weighted by Crippen LogP contribution is -2.35. The van der Waals surface area contributed by atoms with Crippen molar-refractivity contribution in [3.05, 3.63) is 0 Å². The molecular formula is C9H20N2O3S. The molecule has 0 aromatic heterocycles. The molecule has 0 bridgehead atoms. The van der Waals surface area contributed by atoms with Crippen LogP contribution in [0.15, 0.2) is 0 Å². The minimum Gasteiger partial charge on any atom is -0.370 e. The average Bonchev–Trinajstić information content (AvgIpc) is 2.00. The number of nitrogens with two attached hydrogens (primary N) is 1. The van der Waals surface area contributed by atoms with Gasteiger partial charge in [-0.15, -0.1) is 0 Å². The Hall–Kier alpha value is -0.620. The Kier molecular flexibility index (Phi) is 5.23. The molecule has 0 aliphatic carbocycles. The minimum absolute atomic E-state index is 0.0786. The molecule has 0 saturated carbocycles. The fourth-order valence-electron chi connectivity index (χ4n) is 0.849. The maximum atomic E-state index is 11.6. The van der Waals surface area contributed by atoms with E-state index >= 15 is 0 Å². The van der Waals surface area contributed by atoms with E-state index < -0.39 is 14.6 Å². The fraction of sp³-hybridized carbons (Fsp3) is 0.889. The maximum absolute atomic E-state index is 11.6. The molecule has 6 heteroatoms. The lowest BCUT2D eigenvalue weighted by atomic mass is 10.3. The number of carbonyl (C=O) groups excluding carboxylic acids is 1. The Morgan fingerprint density at radius 1 is 1.27 bits per heavy atom. The highest BCUT2D eigenvalue weighted by Gasteiger charge is 2.27. The van der Waals surface area contributed by atoms with E-state index in [1.807, 2.05) is 0 Å². The van der Waals surface area contributed by atoms with Crippen molar-refractivity contribution in [3.63, 3.8) is 0 Å². The zero-order valence-corrected chi connectivity index (χ0v) is 10.4. The molecule has 0 spiro atoms. The highest BCUT2D eigenvalue weighted by Crippen LogP contribution is 2.14. The van der Waals surface area contributed by atoms with E-state index in [9.17, 15) is 13.2 Å². The Bertz CT molecular complexity index is 304. The topological polar surface area (TPSA) is 89.3 Å². The molecule has 0 fully saturated rings. The minimum atomic E-state index is -3.08. The number of amides is 1. The predicted molar refractivity (Wildman–Crippen MR) is 60.2 cm³/mol. The van der Waals surface area contributed by atoms with Gasteiger partial charge in [0.05, 0.1) is 10.5 Å². The van der Waals surface area contributed by atoms with Crippen molar-refractivity contribution in [2.45, 2.75) is 31.9 Å². The molecule has 0 saturated heterocycles. The van der Waals surface area contributed by atoms with Crippen molar-refractivity contribution < 1.29 is 13.2 Å². The normalized spacial score (nSPS) is 12.7. The molecule has 0 unspecified atom stereocenters. The van der Waals surface area contributed by atoms with E-state index in [0.29, 0.717) is 13.1 Å². The number of nitrogens with one attached hydrogen (secondary N) is 1. The second-order valence-corrected chi connectivity index (χ2v) is 7.26. The first kappa shape index (κ1) is 14.4. The molecule has 90 valence electrons. The van der Waals surface area contributed by atoms with Crippen LogP contribution < -0.4 is 11.1 Å². The van der Waals surface area contributed by atoms with E-state index in [-0.39, 0.29) is 18.1 Å². The molecular weight excluding hydrogens is 216 g/mol. The summed E-state index contributed by atoms with van der Waals surface area (Å²) in [7, 11) is -3.08. The summed E-state index contributed by atoms with van der Waals surface area (Å²) >= 11 is 0. The fourth-order valence-corrected chi connectivity index (χ4v) is 1.87. The van der Waals surface area contributed by atoms with Crippen LogP contribution in [0, 0.1) is 0 Å². The predicted octanol–water partition coefficient (Wildman–Crippen LogP) is -0.335. The summed E-state index contributed by atoms with van der Waals surface area (Å²) in [6.45, 7) is 5.80. The second kappa shape index (κ2) is 5.46. The first-order chi connectivity index (χ1) is 6.67. The summed E-state index contributed by atoms with van der Waals surface area (Å²) < 4.78 is 22.5. The molecule has 3 N–H and O–H groups in total. The van der Waals surface area contributed by atoms with Crippen LogP contribution in [0.1, 0.15) is 27.2 Å². The van der Waals surface area contributed by atoms with E-state index in [0.717, 1.165) is 0 Å². The third kappa shape index (κ3) is 5.74.